The summed E-state index contributed by atoms with van der Waals surface area (Å²) in [6, 6.07) is 3.28. The zero-order valence-corrected chi connectivity index (χ0v) is 12.1. The highest BCUT2D eigenvalue weighted by Crippen LogP contribution is 2.48. The third-order valence-corrected chi connectivity index (χ3v) is 3.55. The molecule has 2 atom stereocenters. The van der Waals surface area contributed by atoms with Gasteiger partial charge in [-0.15, -0.1) is 0 Å². The molecule has 0 aromatic heterocycles. The molecule has 2 rings (SSSR count). The van der Waals surface area contributed by atoms with Gasteiger partial charge in [-0.2, -0.15) is 0 Å². The number of amides is 1. The fraction of sp³-hybridized carbons (Fsp3) is 0.375. The molecule has 1 aromatic carbocycles. The molecular weight excluding hydrogens is 292 g/mol. The van der Waals surface area contributed by atoms with Crippen LogP contribution in [-0.2, 0) is 14.3 Å². The van der Waals surface area contributed by atoms with E-state index >= 15 is 0 Å². The van der Waals surface area contributed by atoms with Crippen LogP contribution in [0.3, 0.4) is 0 Å². The third kappa shape index (κ3) is 4.13. The normalized spacial score (nSPS) is 20.0. The average Bonchev–Trinajstić information content (AvgIpc) is 3.29. The van der Waals surface area contributed by atoms with Gasteiger partial charge < -0.3 is 10.1 Å². The van der Waals surface area contributed by atoms with Gasteiger partial charge in [-0.05, 0) is 42.5 Å². The smallest absolute Gasteiger partial charge is 0.330 e. The number of nitrogens with one attached hydrogen (secondary N) is 1. The van der Waals surface area contributed by atoms with Gasteiger partial charge in [0, 0.05) is 18.5 Å². The quantitative estimate of drug-likeness (QED) is 0.498. The van der Waals surface area contributed by atoms with E-state index in [4.69, 9.17) is 0 Å². The van der Waals surface area contributed by atoms with Crippen LogP contribution in [0.2, 0.25) is 0 Å². The van der Waals surface area contributed by atoms with E-state index in [9.17, 15) is 18.4 Å². The number of hydrogen-bond donors (Lipinski definition) is 1. The molecule has 0 bridgehead atoms. The lowest BCUT2D eigenvalue weighted by Crippen LogP contribution is -2.26. The van der Waals surface area contributed by atoms with Gasteiger partial charge in [-0.3, -0.25) is 4.79 Å². The van der Waals surface area contributed by atoms with Gasteiger partial charge in [0.2, 0.25) is 5.91 Å². The fourth-order valence-corrected chi connectivity index (χ4v) is 2.28. The van der Waals surface area contributed by atoms with Crippen LogP contribution >= 0.6 is 0 Å². The summed E-state index contributed by atoms with van der Waals surface area (Å²) in [5.74, 6) is -2.20. The highest BCUT2D eigenvalue weighted by molar-refractivity contribution is 5.83. The molecule has 0 radical (unpaired) electrons. The van der Waals surface area contributed by atoms with Gasteiger partial charge in [0.05, 0.1) is 7.11 Å². The van der Waals surface area contributed by atoms with Crippen LogP contribution < -0.4 is 5.32 Å². The van der Waals surface area contributed by atoms with Gasteiger partial charge in [-0.1, -0.05) is 6.08 Å². The third-order valence-electron chi connectivity index (χ3n) is 3.55. The highest BCUT2D eigenvalue weighted by atomic mass is 19.1. The largest absolute Gasteiger partial charge is 0.466 e. The average molecular weight is 309 g/mol. The van der Waals surface area contributed by atoms with E-state index in [1.165, 1.54) is 13.2 Å². The molecule has 1 saturated carbocycles. The van der Waals surface area contributed by atoms with Crippen molar-refractivity contribution in [3.63, 3.8) is 0 Å². The molecule has 1 fully saturated rings. The predicted octanol–water partition coefficient (Wildman–Crippen LogP) is 2.30. The number of benzene rings is 1. The molecule has 1 N–H and O–H groups in total. The number of carbonyl (C=O) groups is 2. The van der Waals surface area contributed by atoms with Gasteiger partial charge in [0.1, 0.15) is 11.6 Å². The van der Waals surface area contributed by atoms with Crippen molar-refractivity contribution in [3.05, 3.63) is 47.5 Å². The summed E-state index contributed by atoms with van der Waals surface area (Å²) in [7, 11) is 1.28. The molecule has 0 aliphatic heterocycles. The number of halogens is 2. The maximum absolute atomic E-state index is 13.6. The van der Waals surface area contributed by atoms with E-state index in [0.29, 0.717) is 19.4 Å². The molecule has 0 spiro atoms. The van der Waals surface area contributed by atoms with E-state index in [0.717, 1.165) is 18.2 Å². The Morgan fingerprint density at radius 1 is 1.41 bits per heavy atom. The first kappa shape index (κ1) is 16.1. The number of hydrogen-bond acceptors (Lipinski definition) is 3. The molecule has 0 unspecified atom stereocenters. The number of esters is 1. The molecule has 22 heavy (non-hydrogen) atoms. The van der Waals surface area contributed by atoms with Crippen molar-refractivity contribution in [1.82, 2.24) is 5.32 Å². The Balaban J connectivity index is 1.78. The van der Waals surface area contributed by atoms with Gasteiger partial charge in [0.25, 0.3) is 0 Å². The van der Waals surface area contributed by atoms with E-state index in [2.05, 4.69) is 10.1 Å². The van der Waals surface area contributed by atoms with Crippen LogP contribution in [0.25, 0.3) is 0 Å². The highest BCUT2D eigenvalue weighted by Gasteiger charge is 2.45. The standard InChI is InChI=1S/C16H17F2NO3/c1-22-15(20)4-2-3-7-19-16(21)13-9-11(13)12-8-10(17)5-6-14(12)18/h2,4-6,8,11,13H,3,7,9H2,1H3,(H,19,21)/b4-2+/t11-,13+/m0/s1. The van der Waals surface area contributed by atoms with Crippen molar-refractivity contribution >= 4 is 11.9 Å². The van der Waals surface area contributed by atoms with Crippen LogP contribution in [0.5, 0.6) is 0 Å². The van der Waals surface area contributed by atoms with Crippen LogP contribution in [0.4, 0.5) is 8.78 Å². The first-order valence-corrected chi connectivity index (χ1v) is 7.00. The Morgan fingerprint density at radius 2 is 2.18 bits per heavy atom. The topological polar surface area (TPSA) is 55.4 Å². The molecule has 0 saturated heterocycles. The molecule has 118 valence electrons. The van der Waals surface area contributed by atoms with Crippen molar-refractivity contribution in [2.24, 2.45) is 5.92 Å². The summed E-state index contributed by atoms with van der Waals surface area (Å²) >= 11 is 0. The van der Waals surface area contributed by atoms with Gasteiger partial charge in [0.15, 0.2) is 0 Å². The number of carbonyl (C=O) groups excluding carboxylic acids is 2. The molecule has 1 aliphatic carbocycles. The summed E-state index contributed by atoms with van der Waals surface area (Å²) in [6.45, 7) is 0.376. The molecule has 1 aliphatic rings. The number of ether oxygens (including phenoxy) is 1. The lowest BCUT2D eigenvalue weighted by Gasteiger charge is -2.04. The van der Waals surface area contributed by atoms with E-state index in [1.54, 1.807) is 6.08 Å². The second kappa shape index (κ2) is 7.15. The lowest BCUT2D eigenvalue weighted by molar-refractivity contribution is -0.134. The van der Waals surface area contributed by atoms with Crippen LogP contribution in [0.1, 0.15) is 24.3 Å². The van der Waals surface area contributed by atoms with Gasteiger partial charge in [-0.25, -0.2) is 13.6 Å². The monoisotopic (exact) mass is 309 g/mol. The van der Waals surface area contributed by atoms with Crippen molar-refractivity contribution in [2.75, 3.05) is 13.7 Å². The number of methoxy groups -OCH3 is 1. The fourth-order valence-electron chi connectivity index (χ4n) is 2.28. The first-order valence-electron chi connectivity index (χ1n) is 7.00. The Kier molecular flexibility index (Phi) is 5.25. The Hall–Kier alpha value is -2.24. The van der Waals surface area contributed by atoms with Gasteiger partial charge >= 0.3 is 5.97 Å². The minimum atomic E-state index is -0.504. The number of rotatable bonds is 6. The van der Waals surface area contributed by atoms with Crippen LogP contribution in [0.15, 0.2) is 30.4 Å². The molecule has 4 nitrogen and oxygen atoms in total. The van der Waals surface area contributed by atoms with Crippen LogP contribution in [-0.4, -0.2) is 25.5 Å². The zero-order valence-electron chi connectivity index (χ0n) is 12.1. The second-order valence-electron chi connectivity index (χ2n) is 5.12. The molecular formula is C16H17F2NO3. The maximum atomic E-state index is 13.6. The Bertz CT molecular complexity index is 601. The van der Waals surface area contributed by atoms with E-state index in [-0.39, 0.29) is 23.3 Å². The molecule has 1 aromatic rings. The summed E-state index contributed by atoms with van der Waals surface area (Å²) in [5.41, 5.74) is 0.255. The molecule has 0 heterocycles. The van der Waals surface area contributed by atoms with Crippen LogP contribution in [0, 0.1) is 17.6 Å². The molecule has 1 amide bonds. The first-order chi connectivity index (χ1) is 10.5. The SMILES string of the molecule is COC(=O)/C=C/CCNC(=O)[C@@H]1C[C@H]1c1cc(F)ccc1F. The summed E-state index contributed by atoms with van der Waals surface area (Å²) in [4.78, 5) is 22.7. The predicted molar refractivity (Wildman–Crippen MR) is 76.0 cm³/mol. The second-order valence-corrected chi connectivity index (χ2v) is 5.12. The maximum Gasteiger partial charge on any atom is 0.330 e. The van der Waals surface area contributed by atoms with Crippen molar-refractivity contribution in [2.45, 2.75) is 18.8 Å². The summed E-state index contributed by atoms with van der Waals surface area (Å²) < 4.78 is 31.2. The van der Waals surface area contributed by atoms with Crippen molar-refractivity contribution in [3.8, 4) is 0 Å². The minimum absolute atomic E-state index is 0.180. The Labute approximate surface area is 127 Å². The molecule has 6 heteroatoms. The van der Waals surface area contributed by atoms with Crippen molar-refractivity contribution < 1.29 is 23.1 Å². The van der Waals surface area contributed by atoms with E-state index in [1.807, 2.05) is 0 Å². The minimum Gasteiger partial charge on any atom is -0.466 e. The van der Waals surface area contributed by atoms with Crippen molar-refractivity contribution in [1.29, 1.82) is 0 Å². The summed E-state index contributed by atoms with van der Waals surface area (Å²) in [5, 5.41) is 2.71. The van der Waals surface area contributed by atoms with E-state index < -0.39 is 17.6 Å². The summed E-state index contributed by atoms with van der Waals surface area (Å²) in [6.07, 6.45) is 3.90. The Morgan fingerprint density at radius 3 is 2.91 bits per heavy atom. The lowest BCUT2D eigenvalue weighted by atomic mass is 10.1. The zero-order chi connectivity index (χ0) is 16.1.